The Morgan fingerprint density at radius 1 is 0.486 bits per heavy atom. The van der Waals surface area contributed by atoms with Crippen LogP contribution in [0.15, 0.2) is 24.3 Å². The maximum atomic E-state index is 6.87. The molecule has 0 fully saturated rings. The molecule has 0 unspecified atom stereocenters. The molecule has 35 heavy (non-hydrogen) atoms. The Labute approximate surface area is 227 Å². The van der Waals surface area contributed by atoms with Crippen molar-refractivity contribution < 1.29 is 7.58 Å². The topological polar surface area (TPSA) is 18.5 Å². The molecule has 0 aliphatic carbocycles. The number of aryl methyl sites for hydroxylation is 2. The highest BCUT2D eigenvalue weighted by atomic mass is 35.5. The smallest absolute Gasteiger partial charge is 0.611 e. The highest BCUT2D eigenvalue weighted by Crippen LogP contribution is 2.43. The first-order valence-corrected chi connectivity index (χ1v) is 14.9. The fourth-order valence-electron chi connectivity index (χ4n) is 4.38. The molecule has 0 heterocycles. The van der Waals surface area contributed by atoms with Crippen LogP contribution < -0.4 is 7.58 Å². The van der Waals surface area contributed by atoms with Crippen molar-refractivity contribution in [2.75, 3.05) is 0 Å². The van der Waals surface area contributed by atoms with Crippen LogP contribution in [0.25, 0.3) is 0 Å². The van der Waals surface area contributed by atoms with Gasteiger partial charge in [-0.2, -0.15) is 0 Å². The lowest BCUT2D eigenvalue weighted by molar-refractivity contribution is 0.393. The van der Waals surface area contributed by atoms with Crippen LogP contribution in [0.4, 0.5) is 0 Å². The molecule has 2 rings (SSSR count). The van der Waals surface area contributed by atoms with Gasteiger partial charge in [-0.05, 0) is 63.5 Å². The second-order valence-corrected chi connectivity index (χ2v) is 15.8. The van der Waals surface area contributed by atoms with Gasteiger partial charge in [0.2, 0.25) is 0 Å². The van der Waals surface area contributed by atoms with Crippen molar-refractivity contribution in [2.24, 2.45) is 0 Å². The molecule has 0 aliphatic heterocycles. The van der Waals surface area contributed by atoms with Crippen LogP contribution in [0.5, 0.6) is 11.5 Å². The average Bonchev–Trinajstić information content (AvgIpc) is 2.60. The predicted octanol–water partition coefficient (Wildman–Crippen LogP) is 9.49. The second kappa shape index (κ2) is 10.7. The lowest BCUT2D eigenvalue weighted by Gasteiger charge is -2.34. The van der Waals surface area contributed by atoms with E-state index in [1.54, 1.807) is 0 Å². The van der Waals surface area contributed by atoms with Gasteiger partial charge in [0.15, 0.2) is 0 Å². The third kappa shape index (κ3) is 7.92. The maximum Gasteiger partial charge on any atom is 0.853 e. The number of rotatable bonds is 4. The molecule has 2 aromatic rings. The van der Waals surface area contributed by atoms with Crippen LogP contribution in [0.1, 0.15) is 116 Å². The molecule has 196 valence electrons. The highest BCUT2D eigenvalue weighted by molar-refractivity contribution is 6.44. The molecule has 2 nitrogen and oxygen atoms in total. The van der Waals surface area contributed by atoms with E-state index in [0.29, 0.717) is 0 Å². The normalized spacial score (nSPS) is 12.8. The summed E-state index contributed by atoms with van der Waals surface area (Å²) in [5.41, 5.74) is 7.51. The third-order valence-electron chi connectivity index (χ3n) is 6.27. The predicted molar refractivity (Wildman–Crippen MR) is 157 cm³/mol. The molecule has 0 amide bonds. The first kappa shape index (κ1) is 31.9. The van der Waals surface area contributed by atoms with Crippen LogP contribution in [0.2, 0.25) is 5.79 Å². The van der Waals surface area contributed by atoms with Crippen LogP contribution in [0.3, 0.4) is 0 Å². The standard InChI is InChI=1S/2C15H24O.CH3.Al.ClH/c2*1-10-8-11(14(2,3)4)13(16)12(9-10)15(5,6)7;;;/h2*8-9,16H,1-7H3;1H3;;1H/q;;;+2;/p-2. The highest BCUT2D eigenvalue weighted by Gasteiger charge is 2.36. The van der Waals surface area contributed by atoms with Gasteiger partial charge in [0.1, 0.15) is 0 Å². The number of hydrogen-bond acceptors (Lipinski definition) is 2. The lowest BCUT2D eigenvalue weighted by Crippen LogP contribution is -2.32. The molecule has 4 heteroatoms. The Kier molecular flexibility index (Phi) is 9.74. The first-order chi connectivity index (χ1) is 15.1. The molecule has 0 radical (unpaired) electrons. The summed E-state index contributed by atoms with van der Waals surface area (Å²) in [6, 6.07) is 9.16. The van der Waals surface area contributed by atoms with Gasteiger partial charge < -0.3 is 7.58 Å². The molecular formula is C31H50AlClO2. The van der Waals surface area contributed by atoms with E-state index >= 15 is 0 Å². The molecule has 0 bridgehead atoms. The zero-order valence-electron chi connectivity index (χ0n) is 25.1. The van der Waals surface area contributed by atoms with E-state index in [-0.39, 0.29) is 34.1 Å². The van der Waals surface area contributed by atoms with Crippen molar-refractivity contribution in [3.05, 3.63) is 57.6 Å². The molecule has 2 aromatic carbocycles. The first-order valence-electron chi connectivity index (χ1n) is 12.8. The summed E-state index contributed by atoms with van der Waals surface area (Å²) in [6.07, 6.45) is 0. The van der Waals surface area contributed by atoms with Gasteiger partial charge in [-0.25, -0.2) is 0 Å². The molecule has 0 aliphatic rings. The summed E-state index contributed by atoms with van der Waals surface area (Å²) in [4.78, 5) is 0. The third-order valence-corrected chi connectivity index (χ3v) is 7.40. The number of hydrogen-bond donors (Lipinski definition) is 0. The number of benzene rings is 2. The monoisotopic (exact) mass is 516 g/mol. The van der Waals surface area contributed by atoms with Gasteiger partial charge in [0.05, 0.1) is 11.5 Å². The Hall–Kier alpha value is -1.14. The van der Waals surface area contributed by atoms with E-state index in [4.69, 9.17) is 7.58 Å². The van der Waals surface area contributed by atoms with Crippen molar-refractivity contribution in [1.82, 2.24) is 0 Å². The molecule has 0 N–H and O–H groups in total. The molecular weight excluding hydrogens is 467 g/mol. The van der Waals surface area contributed by atoms with E-state index in [9.17, 15) is 0 Å². The summed E-state index contributed by atoms with van der Waals surface area (Å²) in [6.45, 7) is 31.6. The molecule has 0 saturated heterocycles. The van der Waals surface area contributed by atoms with Crippen LogP contribution in [-0.2, 0) is 21.7 Å². The zero-order chi connectivity index (χ0) is 26.4. The van der Waals surface area contributed by atoms with Crippen molar-refractivity contribution in [3.63, 3.8) is 0 Å². The quantitative estimate of drug-likeness (QED) is 0.376. The minimum absolute atomic E-state index is 0. The largest absolute Gasteiger partial charge is 0.853 e. The molecule has 0 saturated carbocycles. The Morgan fingerprint density at radius 3 is 0.857 bits per heavy atom. The maximum absolute atomic E-state index is 6.87. The van der Waals surface area contributed by atoms with E-state index < -0.39 is 14.8 Å². The van der Waals surface area contributed by atoms with Crippen molar-refractivity contribution in [1.29, 1.82) is 0 Å². The molecule has 0 aromatic heterocycles. The van der Waals surface area contributed by atoms with Crippen molar-refractivity contribution >= 4 is 27.2 Å². The Balaban J connectivity index is 0.00000612. The summed E-state index contributed by atoms with van der Waals surface area (Å²) in [5.74, 6) is 4.20. The van der Waals surface area contributed by atoms with Gasteiger partial charge in [0.25, 0.3) is 0 Å². The van der Waals surface area contributed by atoms with Crippen LogP contribution in [0, 0.1) is 13.8 Å². The van der Waals surface area contributed by atoms with Gasteiger partial charge in [0, 0.05) is 0 Å². The SMILES string of the molecule is Cc1cc(C(C)(C)C)c([O][Al]([CH3])[O]c2c(C(C)(C)C)cc(C)cc2C(C)(C)C)c(C(C)(C)C)c1.Cl. The van der Waals surface area contributed by atoms with Crippen molar-refractivity contribution in [3.8, 4) is 11.5 Å². The lowest BCUT2D eigenvalue weighted by atomic mass is 9.78. The fraction of sp³-hybridized carbons (Fsp3) is 0.613. The van der Waals surface area contributed by atoms with Crippen LogP contribution >= 0.6 is 12.4 Å². The molecule has 0 spiro atoms. The van der Waals surface area contributed by atoms with Gasteiger partial charge in [-0.15, -0.1) is 12.4 Å². The fourth-order valence-corrected chi connectivity index (χ4v) is 5.60. The Bertz CT molecular complexity index is 874. The minimum Gasteiger partial charge on any atom is -0.611 e. The van der Waals surface area contributed by atoms with E-state index in [1.807, 2.05) is 0 Å². The number of halogens is 1. The van der Waals surface area contributed by atoms with E-state index in [0.717, 1.165) is 11.5 Å². The van der Waals surface area contributed by atoms with E-state index in [1.165, 1.54) is 33.4 Å². The van der Waals surface area contributed by atoms with Gasteiger partial charge in [-0.1, -0.05) is 118 Å². The Morgan fingerprint density at radius 2 is 0.686 bits per heavy atom. The van der Waals surface area contributed by atoms with E-state index in [2.05, 4.69) is 127 Å². The van der Waals surface area contributed by atoms with Crippen LogP contribution in [-0.4, -0.2) is 14.8 Å². The van der Waals surface area contributed by atoms with Crippen molar-refractivity contribution in [2.45, 2.75) is 124 Å². The minimum atomic E-state index is -2.09. The second-order valence-electron chi connectivity index (χ2n) is 14.2. The average molecular weight is 517 g/mol. The summed E-state index contributed by atoms with van der Waals surface area (Å²) in [5, 5.41) is 0. The summed E-state index contributed by atoms with van der Waals surface area (Å²) < 4.78 is 13.7. The van der Waals surface area contributed by atoms with Gasteiger partial charge in [-0.3, -0.25) is 0 Å². The van der Waals surface area contributed by atoms with Gasteiger partial charge >= 0.3 is 14.8 Å². The molecule has 0 atom stereocenters. The zero-order valence-corrected chi connectivity index (χ0v) is 27.1. The summed E-state index contributed by atoms with van der Waals surface area (Å²) >= 11 is -2.09. The summed E-state index contributed by atoms with van der Waals surface area (Å²) in [7, 11) is 0.